The Morgan fingerprint density at radius 2 is 1.85 bits per heavy atom. The van der Waals surface area contributed by atoms with Gasteiger partial charge in [0.15, 0.2) is 9.84 Å². The Hall–Kier alpha value is -2.15. The maximum absolute atomic E-state index is 12.7. The van der Waals surface area contributed by atoms with Crippen LogP contribution in [0.25, 0.3) is 5.57 Å². The topological polar surface area (TPSA) is 97.7 Å². The van der Waals surface area contributed by atoms with Crippen molar-refractivity contribution in [1.29, 1.82) is 0 Å². The summed E-state index contributed by atoms with van der Waals surface area (Å²) in [5.41, 5.74) is 1.42. The third-order valence-corrected chi connectivity index (χ3v) is 7.94. The molecule has 0 aromatic heterocycles. The van der Waals surface area contributed by atoms with E-state index in [1.54, 1.807) is 24.3 Å². The van der Waals surface area contributed by atoms with Gasteiger partial charge in [0.2, 0.25) is 0 Å². The average molecular weight is 387 g/mol. The number of nitroso groups, excluding NO2 is 1. The molecule has 1 amide bonds. The number of ketones is 1. The van der Waals surface area contributed by atoms with E-state index in [9.17, 15) is 22.9 Å². The number of amides is 1. The standard InChI is InChI=1S/C20H21NO5S/c22-15-5-1-12(9-15)10-18(20(23)21-24)14-4-8-19(17(11-14)13-2-3-13)27(25,26)16-6-7-16/h4,8,10-13,16H,1-3,5-7,9H2/b18-10+. The van der Waals surface area contributed by atoms with E-state index in [1.807, 2.05) is 0 Å². The van der Waals surface area contributed by atoms with Gasteiger partial charge >= 0.3 is 5.91 Å². The Bertz CT molecular complexity index is 955. The Kier molecular flexibility index (Phi) is 4.58. The van der Waals surface area contributed by atoms with E-state index in [2.05, 4.69) is 5.18 Å². The summed E-state index contributed by atoms with van der Waals surface area (Å²) >= 11 is 0. The van der Waals surface area contributed by atoms with Crippen LogP contribution in [0, 0.1) is 10.8 Å². The van der Waals surface area contributed by atoms with Crippen molar-refractivity contribution in [2.24, 2.45) is 11.1 Å². The largest absolute Gasteiger partial charge is 0.317 e. The third kappa shape index (κ3) is 3.65. The first-order valence-corrected chi connectivity index (χ1v) is 10.9. The lowest BCUT2D eigenvalue weighted by molar-refractivity contribution is -0.117. The van der Waals surface area contributed by atoms with Gasteiger partial charge in [0, 0.05) is 23.6 Å². The zero-order chi connectivity index (χ0) is 19.2. The second-order valence-electron chi connectivity index (χ2n) is 7.79. The van der Waals surface area contributed by atoms with E-state index < -0.39 is 15.7 Å². The molecule has 3 fully saturated rings. The van der Waals surface area contributed by atoms with Crippen molar-refractivity contribution in [3.8, 4) is 0 Å². The van der Waals surface area contributed by atoms with Gasteiger partial charge < -0.3 is 0 Å². The summed E-state index contributed by atoms with van der Waals surface area (Å²) in [7, 11) is -3.33. The number of hydrogen-bond donors (Lipinski definition) is 0. The molecule has 142 valence electrons. The molecule has 0 saturated heterocycles. The minimum atomic E-state index is -3.33. The molecule has 1 aromatic carbocycles. The van der Waals surface area contributed by atoms with Crippen LogP contribution in [0.15, 0.2) is 34.3 Å². The minimum Gasteiger partial charge on any atom is -0.300 e. The van der Waals surface area contributed by atoms with Gasteiger partial charge in [0.25, 0.3) is 0 Å². The van der Waals surface area contributed by atoms with Gasteiger partial charge in [-0.05, 0) is 67.2 Å². The number of carbonyl (C=O) groups is 2. The second kappa shape index (κ2) is 6.78. The number of sulfone groups is 1. The first-order valence-electron chi connectivity index (χ1n) is 9.39. The third-order valence-electron chi connectivity index (χ3n) is 5.61. The number of nitrogens with zero attached hydrogens (tertiary/aromatic N) is 1. The van der Waals surface area contributed by atoms with Gasteiger partial charge in [-0.1, -0.05) is 12.1 Å². The van der Waals surface area contributed by atoms with Gasteiger partial charge in [-0.15, -0.1) is 4.91 Å². The maximum Gasteiger partial charge on any atom is 0.317 e. The highest BCUT2D eigenvalue weighted by atomic mass is 32.2. The van der Waals surface area contributed by atoms with E-state index in [-0.39, 0.29) is 28.4 Å². The zero-order valence-electron chi connectivity index (χ0n) is 14.9. The highest BCUT2D eigenvalue weighted by Crippen LogP contribution is 2.46. The molecule has 1 atom stereocenters. The molecule has 0 heterocycles. The number of Topliss-reactive ketones (excluding diaryl/α,β-unsaturated/α-hetero) is 1. The Labute approximate surface area is 157 Å². The predicted octanol–water partition coefficient (Wildman–Crippen LogP) is 3.55. The monoisotopic (exact) mass is 387 g/mol. The summed E-state index contributed by atoms with van der Waals surface area (Å²) in [4.78, 5) is 34.9. The molecule has 4 rings (SSSR count). The molecule has 7 heteroatoms. The number of benzene rings is 1. The van der Waals surface area contributed by atoms with Crippen LogP contribution in [0.5, 0.6) is 0 Å². The summed E-state index contributed by atoms with van der Waals surface area (Å²) in [5, 5.41) is 2.27. The fraction of sp³-hybridized carbons (Fsp3) is 0.500. The van der Waals surface area contributed by atoms with E-state index in [4.69, 9.17) is 0 Å². The molecule has 0 spiro atoms. The highest BCUT2D eigenvalue weighted by molar-refractivity contribution is 7.92. The van der Waals surface area contributed by atoms with Crippen LogP contribution >= 0.6 is 0 Å². The molecule has 0 radical (unpaired) electrons. The summed E-state index contributed by atoms with van der Waals surface area (Å²) in [6.07, 6.45) is 6.39. The lowest BCUT2D eigenvalue weighted by atomic mass is 9.96. The summed E-state index contributed by atoms with van der Waals surface area (Å²) in [6.45, 7) is 0. The molecule has 3 aliphatic rings. The van der Waals surface area contributed by atoms with Crippen LogP contribution in [0.3, 0.4) is 0 Å². The van der Waals surface area contributed by atoms with E-state index >= 15 is 0 Å². The lowest BCUT2D eigenvalue weighted by Crippen LogP contribution is -2.11. The maximum atomic E-state index is 12.7. The van der Waals surface area contributed by atoms with Gasteiger partial charge in [0.1, 0.15) is 5.78 Å². The van der Waals surface area contributed by atoms with E-state index in [0.29, 0.717) is 42.6 Å². The van der Waals surface area contributed by atoms with Gasteiger partial charge in [-0.25, -0.2) is 8.42 Å². The molecule has 6 nitrogen and oxygen atoms in total. The SMILES string of the molecule is O=NC(=O)/C(=C/C1CCC(=O)C1)c1ccc(S(=O)(=O)C2CC2)c(C2CC2)c1. The average Bonchev–Trinajstić information content (AvgIpc) is 3.55. The molecule has 0 aliphatic heterocycles. The molecule has 27 heavy (non-hydrogen) atoms. The first kappa shape index (κ1) is 18.2. The van der Waals surface area contributed by atoms with Gasteiger partial charge in [-0.2, -0.15) is 0 Å². The normalized spacial score (nSPS) is 23.5. The van der Waals surface area contributed by atoms with Crippen LogP contribution in [0.4, 0.5) is 0 Å². The van der Waals surface area contributed by atoms with Crippen LogP contribution in [0.1, 0.15) is 62.0 Å². The predicted molar refractivity (Wildman–Crippen MR) is 99.8 cm³/mol. The lowest BCUT2D eigenvalue weighted by Gasteiger charge is -2.13. The van der Waals surface area contributed by atoms with Crippen molar-refractivity contribution < 1.29 is 18.0 Å². The van der Waals surface area contributed by atoms with Crippen molar-refractivity contribution >= 4 is 27.1 Å². The van der Waals surface area contributed by atoms with Crippen molar-refractivity contribution in [3.05, 3.63) is 40.3 Å². The molecular weight excluding hydrogens is 366 g/mol. The molecule has 3 aliphatic carbocycles. The summed E-state index contributed by atoms with van der Waals surface area (Å²) in [5.74, 6) is -0.639. The number of hydrogen-bond acceptors (Lipinski definition) is 5. The second-order valence-corrected chi connectivity index (χ2v) is 9.99. The first-order chi connectivity index (χ1) is 12.9. The van der Waals surface area contributed by atoms with Crippen LogP contribution in [0.2, 0.25) is 0 Å². The quantitative estimate of drug-likeness (QED) is 0.549. The molecule has 1 unspecified atom stereocenters. The smallest absolute Gasteiger partial charge is 0.300 e. The van der Waals surface area contributed by atoms with Crippen LogP contribution in [-0.4, -0.2) is 25.4 Å². The molecule has 3 saturated carbocycles. The fourth-order valence-corrected chi connectivity index (χ4v) is 5.74. The fourth-order valence-electron chi connectivity index (χ4n) is 3.81. The zero-order valence-corrected chi connectivity index (χ0v) is 15.7. The van der Waals surface area contributed by atoms with Gasteiger partial charge in [-0.3, -0.25) is 9.59 Å². The summed E-state index contributed by atoms with van der Waals surface area (Å²) in [6, 6.07) is 4.90. The summed E-state index contributed by atoms with van der Waals surface area (Å²) < 4.78 is 25.5. The molecule has 1 aromatic rings. The van der Waals surface area contributed by atoms with Crippen LogP contribution < -0.4 is 0 Å². The number of allylic oxidation sites excluding steroid dienone is 1. The highest BCUT2D eigenvalue weighted by Gasteiger charge is 2.40. The Balaban J connectivity index is 1.76. The van der Waals surface area contributed by atoms with E-state index in [0.717, 1.165) is 18.4 Å². The van der Waals surface area contributed by atoms with Crippen molar-refractivity contribution in [1.82, 2.24) is 0 Å². The van der Waals surface area contributed by atoms with Crippen molar-refractivity contribution in [2.45, 2.75) is 61.0 Å². The van der Waals surface area contributed by atoms with Crippen molar-refractivity contribution in [3.63, 3.8) is 0 Å². The van der Waals surface area contributed by atoms with E-state index in [1.165, 1.54) is 0 Å². The number of carbonyl (C=O) groups excluding carboxylic acids is 2. The van der Waals surface area contributed by atoms with Crippen molar-refractivity contribution in [2.75, 3.05) is 0 Å². The van der Waals surface area contributed by atoms with Gasteiger partial charge in [0.05, 0.1) is 10.1 Å². The molecular formula is C20H21NO5S. The Morgan fingerprint density at radius 1 is 1.11 bits per heavy atom. The minimum absolute atomic E-state index is 0.0857. The molecule has 0 bridgehead atoms. The van der Waals surface area contributed by atoms with Crippen LogP contribution in [-0.2, 0) is 19.4 Å². The molecule has 0 N–H and O–H groups in total. The Morgan fingerprint density at radius 3 is 2.41 bits per heavy atom. The number of rotatable bonds is 6.